The number of nitriles is 1. The lowest BCUT2D eigenvalue weighted by Crippen LogP contribution is -1.97. The van der Waals surface area contributed by atoms with Crippen LogP contribution in [0.1, 0.15) is 15.9 Å². The molecule has 0 aliphatic heterocycles. The molecule has 98 valence electrons. The average molecular weight is 267 g/mol. The number of methoxy groups -OCH3 is 1. The molecule has 0 aliphatic rings. The number of benzene rings is 2. The van der Waals surface area contributed by atoms with Crippen LogP contribution in [-0.2, 0) is 0 Å². The third-order valence-electron chi connectivity index (χ3n) is 3.16. The van der Waals surface area contributed by atoms with Crippen molar-refractivity contribution in [2.45, 2.75) is 0 Å². The Balaban J connectivity index is 2.54. The third-order valence-corrected chi connectivity index (χ3v) is 3.16. The number of rotatable bonds is 2. The van der Waals surface area contributed by atoms with E-state index in [9.17, 15) is 9.90 Å². The maximum atomic E-state index is 11.4. The van der Waals surface area contributed by atoms with E-state index in [1.54, 1.807) is 24.3 Å². The third kappa shape index (κ3) is 1.59. The van der Waals surface area contributed by atoms with Crippen LogP contribution >= 0.6 is 0 Å². The standard InChI is InChI=1S/C15H9NO4/c1-19-12-5-3-9(15(17)18)13-10-6-8(7-16)2-4-11(10)20-14(12)13/h2-6H,1H3,(H,17,18). The van der Waals surface area contributed by atoms with Gasteiger partial charge in [-0.2, -0.15) is 5.26 Å². The SMILES string of the molecule is COc1ccc(C(=O)O)c2c1oc1ccc(C#N)cc12. The molecule has 3 rings (SSSR count). The Hall–Kier alpha value is -3.00. The van der Waals surface area contributed by atoms with Gasteiger partial charge in [-0.1, -0.05) is 0 Å². The molecule has 0 aliphatic carbocycles. The van der Waals surface area contributed by atoms with Crippen LogP contribution in [0.15, 0.2) is 34.7 Å². The van der Waals surface area contributed by atoms with Gasteiger partial charge in [0.25, 0.3) is 0 Å². The van der Waals surface area contributed by atoms with Gasteiger partial charge >= 0.3 is 5.97 Å². The zero-order valence-corrected chi connectivity index (χ0v) is 10.5. The number of hydrogen-bond acceptors (Lipinski definition) is 4. The molecule has 0 spiro atoms. The minimum Gasteiger partial charge on any atom is -0.493 e. The second-order valence-corrected chi connectivity index (χ2v) is 4.25. The van der Waals surface area contributed by atoms with E-state index in [2.05, 4.69) is 0 Å². The summed E-state index contributed by atoms with van der Waals surface area (Å²) in [6.07, 6.45) is 0. The number of ether oxygens (including phenoxy) is 1. The van der Waals surface area contributed by atoms with Gasteiger partial charge in [0, 0.05) is 10.8 Å². The summed E-state index contributed by atoms with van der Waals surface area (Å²) < 4.78 is 10.9. The van der Waals surface area contributed by atoms with Crippen molar-refractivity contribution in [3.05, 3.63) is 41.5 Å². The highest BCUT2D eigenvalue weighted by Crippen LogP contribution is 2.37. The summed E-state index contributed by atoms with van der Waals surface area (Å²) in [6.45, 7) is 0. The lowest BCUT2D eigenvalue weighted by molar-refractivity contribution is 0.0699. The second-order valence-electron chi connectivity index (χ2n) is 4.25. The van der Waals surface area contributed by atoms with Crippen molar-refractivity contribution >= 4 is 27.9 Å². The van der Waals surface area contributed by atoms with Gasteiger partial charge in [-0.3, -0.25) is 0 Å². The largest absolute Gasteiger partial charge is 0.493 e. The summed E-state index contributed by atoms with van der Waals surface area (Å²) >= 11 is 0. The van der Waals surface area contributed by atoms with Gasteiger partial charge < -0.3 is 14.3 Å². The first-order valence-corrected chi connectivity index (χ1v) is 5.82. The minimum atomic E-state index is -1.05. The lowest BCUT2D eigenvalue weighted by atomic mass is 10.0. The molecule has 0 unspecified atom stereocenters. The Kier molecular flexibility index (Phi) is 2.58. The topological polar surface area (TPSA) is 83.5 Å². The highest BCUT2D eigenvalue weighted by Gasteiger charge is 2.19. The summed E-state index contributed by atoms with van der Waals surface area (Å²) in [7, 11) is 1.49. The fourth-order valence-electron chi connectivity index (χ4n) is 2.27. The lowest BCUT2D eigenvalue weighted by Gasteiger charge is -2.02. The number of carbonyl (C=O) groups is 1. The van der Waals surface area contributed by atoms with Crippen LogP contribution in [0, 0.1) is 11.3 Å². The molecule has 0 saturated heterocycles. The van der Waals surface area contributed by atoms with Crippen LogP contribution in [0.2, 0.25) is 0 Å². The summed E-state index contributed by atoms with van der Waals surface area (Å²) in [5, 5.41) is 19.3. The first-order valence-electron chi connectivity index (χ1n) is 5.82. The number of fused-ring (bicyclic) bond motifs is 3. The van der Waals surface area contributed by atoms with Crippen molar-refractivity contribution in [3.8, 4) is 11.8 Å². The van der Waals surface area contributed by atoms with Crippen LogP contribution in [0.3, 0.4) is 0 Å². The maximum Gasteiger partial charge on any atom is 0.336 e. The molecule has 1 aromatic heterocycles. The summed E-state index contributed by atoms with van der Waals surface area (Å²) in [6, 6.07) is 9.95. The first-order chi connectivity index (χ1) is 9.65. The normalized spacial score (nSPS) is 10.6. The van der Waals surface area contributed by atoms with Gasteiger partial charge in [0.1, 0.15) is 5.58 Å². The molecule has 20 heavy (non-hydrogen) atoms. The number of carboxylic acids is 1. The molecule has 0 atom stereocenters. The van der Waals surface area contributed by atoms with Crippen molar-refractivity contribution in [2.75, 3.05) is 7.11 Å². The molecule has 1 N–H and O–H groups in total. The Morgan fingerprint density at radius 3 is 2.80 bits per heavy atom. The molecular weight excluding hydrogens is 258 g/mol. The van der Waals surface area contributed by atoms with E-state index in [-0.39, 0.29) is 5.56 Å². The molecule has 5 heteroatoms. The van der Waals surface area contributed by atoms with E-state index in [1.807, 2.05) is 6.07 Å². The summed E-state index contributed by atoms with van der Waals surface area (Å²) in [5.74, 6) is -0.595. The van der Waals surface area contributed by atoms with E-state index < -0.39 is 5.97 Å². The predicted octanol–water partition coefficient (Wildman–Crippen LogP) is 3.16. The van der Waals surface area contributed by atoms with E-state index in [0.29, 0.717) is 33.3 Å². The van der Waals surface area contributed by atoms with Crippen molar-refractivity contribution < 1.29 is 19.1 Å². The number of nitrogens with zero attached hydrogens (tertiary/aromatic N) is 1. The van der Waals surface area contributed by atoms with Crippen LogP contribution in [0.4, 0.5) is 0 Å². The molecule has 2 aromatic carbocycles. The van der Waals surface area contributed by atoms with E-state index in [0.717, 1.165) is 0 Å². The van der Waals surface area contributed by atoms with E-state index in [4.69, 9.17) is 14.4 Å². The number of carboxylic acid groups (broad SMARTS) is 1. The summed E-state index contributed by atoms with van der Waals surface area (Å²) in [4.78, 5) is 11.4. The van der Waals surface area contributed by atoms with Crippen molar-refractivity contribution in [1.29, 1.82) is 5.26 Å². The molecule has 0 fully saturated rings. The van der Waals surface area contributed by atoms with Crippen molar-refractivity contribution in [1.82, 2.24) is 0 Å². The van der Waals surface area contributed by atoms with Gasteiger partial charge in [0.05, 0.1) is 24.3 Å². The molecule has 3 aromatic rings. The van der Waals surface area contributed by atoms with Gasteiger partial charge in [0.2, 0.25) is 0 Å². The van der Waals surface area contributed by atoms with Gasteiger partial charge in [0.15, 0.2) is 11.3 Å². The number of furan rings is 1. The Morgan fingerprint density at radius 2 is 2.15 bits per heavy atom. The zero-order valence-electron chi connectivity index (χ0n) is 10.5. The fourth-order valence-corrected chi connectivity index (χ4v) is 2.27. The minimum absolute atomic E-state index is 0.120. The van der Waals surface area contributed by atoms with Crippen LogP contribution in [-0.4, -0.2) is 18.2 Å². The van der Waals surface area contributed by atoms with Gasteiger partial charge in [-0.15, -0.1) is 0 Å². The van der Waals surface area contributed by atoms with E-state index >= 15 is 0 Å². The molecular formula is C15H9NO4. The Morgan fingerprint density at radius 1 is 1.35 bits per heavy atom. The second kappa shape index (κ2) is 4.28. The highest BCUT2D eigenvalue weighted by atomic mass is 16.5. The maximum absolute atomic E-state index is 11.4. The van der Waals surface area contributed by atoms with Crippen LogP contribution in [0.25, 0.3) is 21.9 Å². The molecule has 0 saturated carbocycles. The molecule has 0 radical (unpaired) electrons. The molecule has 0 amide bonds. The van der Waals surface area contributed by atoms with Crippen molar-refractivity contribution in [3.63, 3.8) is 0 Å². The van der Waals surface area contributed by atoms with Gasteiger partial charge in [-0.05, 0) is 30.3 Å². The average Bonchev–Trinajstić information content (AvgIpc) is 2.84. The van der Waals surface area contributed by atoms with Crippen LogP contribution < -0.4 is 4.74 Å². The Labute approximate surface area is 113 Å². The number of hydrogen-bond donors (Lipinski definition) is 1. The van der Waals surface area contributed by atoms with Gasteiger partial charge in [-0.25, -0.2) is 4.79 Å². The highest BCUT2D eigenvalue weighted by molar-refractivity contribution is 6.16. The molecule has 0 bridgehead atoms. The summed E-state index contributed by atoms with van der Waals surface area (Å²) in [5.41, 5.74) is 1.46. The first kappa shape index (κ1) is 12.1. The smallest absolute Gasteiger partial charge is 0.336 e. The quantitative estimate of drug-likeness (QED) is 0.771. The predicted molar refractivity (Wildman–Crippen MR) is 71.9 cm³/mol. The number of aromatic carboxylic acids is 1. The fraction of sp³-hybridized carbons (Fsp3) is 0.0667. The molecule has 5 nitrogen and oxygen atoms in total. The monoisotopic (exact) mass is 267 g/mol. The zero-order chi connectivity index (χ0) is 14.3. The van der Waals surface area contributed by atoms with E-state index in [1.165, 1.54) is 13.2 Å². The molecule has 1 heterocycles. The van der Waals surface area contributed by atoms with Crippen LogP contribution in [0.5, 0.6) is 5.75 Å². The Bertz CT molecular complexity index is 886. The van der Waals surface area contributed by atoms with Crippen molar-refractivity contribution in [2.24, 2.45) is 0 Å².